The van der Waals surface area contributed by atoms with Crippen molar-refractivity contribution < 1.29 is 19.1 Å². The Morgan fingerprint density at radius 3 is 2.60 bits per heavy atom. The predicted molar refractivity (Wildman–Crippen MR) is 157 cm³/mol. The van der Waals surface area contributed by atoms with Crippen molar-refractivity contribution in [1.82, 2.24) is 19.8 Å². The molecule has 2 unspecified atom stereocenters. The van der Waals surface area contributed by atoms with Gasteiger partial charge in [-0.05, 0) is 69.8 Å². The minimum Gasteiger partial charge on any atom is -0.480 e. The highest BCUT2D eigenvalue weighted by Crippen LogP contribution is 2.24. The number of methoxy groups -OCH3 is 1. The molecule has 0 aliphatic carbocycles. The van der Waals surface area contributed by atoms with Gasteiger partial charge in [-0.25, -0.2) is 9.97 Å². The number of fused-ring (bicyclic) bond motifs is 1. The van der Waals surface area contributed by atoms with E-state index in [1.54, 1.807) is 0 Å². The maximum Gasteiger partial charge on any atom is 0.313 e. The number of nitrogens with two attached hydrogens (primary N) is 1. The monoisotopic (exact) mass is 566 g/mol. The van der Waals surface area contributed by atoms with Crippen LogP contribution in [0.15, 0.2) is 36.5 Å². The van der Waals surface area contributed by atoms with Crippen molar-refractivity contribution in [3.63, 3.8) is 0 Å². The van der Waals surface area contributed by atoms with Gasteiger partial charge in [-0.2, -0.15) is 0 Å². The molecule has 11 heteroatoms. The van der Waals surface area contributed by atoms with Crippen LogP contribution in [0.5, 0.6) is 5.88 Å². The number of thiazole rings is 1. The zero-order valence-corrected chi connectivity index (χ0v) is 24.2. The lowest BCUT2D eigenvalue weighted by atomic mass is 10.0. The highest BCUT2D eigenvalue weighted by atomic mass is 32.1. The van der Waals surface area contributed by atoms with Crippen molar-refractivity contribution in [2.75, 3.05) is 38.6 Å². The van der Waals surface area contributed by atoms with Crippen LogP contribution in [0.3, 0.4) is 0 Å². The van der Waals surface area contributed by atoms with Crippen molar-refractivity contribution >= 4 is 45.0 Å². The van der Waals surface area contributed by atoms with E-state index in [2.05, 4.69) is 46.4 Å². The standard InChI is InChI=1S/C15H20N4O4.C14H18N2S/c1-9-4-3-5-19(8-9)15(22)13(21)18-10-6-11(12(16)20)14(23-2)17-7-10;1-11(16-8-4-5-9-16)10-14-15-12-6-2-3-7-13(12)17-14/h6-7,9H,3-5,8H2,1-2H3,(H2,16,20)(H,18,21);2-3,6-7,11H,4-5,8-10H2,1H3. The second kappa shape index (κ2) is 13.7. The number of aromatic nitrogens is 2. The van der Waals surface area contributed by atoms with Crippen LogP contribution in [0.25, 0.3) is 10.2 Å². The number of piperidine rings is 1. The van der Waals surface area contributed by atoms with Crippen LogP contribution < -0.4 is 15.8 Å². The number of rotatable bonds is 6. The summed E-state index contributed by atoms with van der Waals surface area (Å²) in [4.78, 5) is 48.3. The lowest BCUT2D eigenvalue weighted by Crippen LogP contribution is -2.44. The topological polar surface area (TPSA) is 131 Å². The number of carbonyl (C=O) groups is 3. The Morgan fingerprint density at radius 1 is 1.18 bits per heavy atom. The molecular formula is C29H38N6O4S. The minimum atomic E-state index is -0.763. The molecule has 10 nitrogen and oxygen atoms in total. The quantitative estimate of drug-likeness (QED) is 0.435. The number of amides is 3. The molecule has 1 aromatic carbocycles. The predicted octanol–water partition coefficient (Wildman–Crippen LogP) is 3.71. The van der Waals surface area contributed by atoms with Crippen molar-refractivity contribution in [1.29, 1.82) is 0 Å². The van der Waals surface area contributed by atoms with Crippen LogP contribution >= 0.6 is 11.3 Å². The number of pyridine rings is 1. The van der Waals surface area contributed by atoms with Gasteiger partial charge in [0.15, 0.2) is 0 Å². The molecule has 0 radical (unpaired) electrons. The smallest absolute Gasteiger partial charge is 0.313 e. The molecule has 5 rings (SSSR count). The average molecular weight is 567 g/mol. The molecule has 2 aromatic heterocycles. The zero-order chi connectivity index (χ0) is 28.6. The Labute approximate surface area is 238 Å². The lowest BCUT2D eigenvalue weighted by molar-refractivity contribution is -0.144. The van der Waals surface area contributed by atoms with E-state index in [0.717, 1.165) is 24.8 Å². The Morgan fingerprint density at radius 2 is 1.93 bits per heavy atom. The molecule has 0 bridgehead atoms. The molecule has 214 valence electrons. The molecule has 2 atom stereocenters. The van der Waals surface area contributed by atoms with Gasteiger partial charge < -0.3 is 25.6 Å². The van der Waals surface area contributed by atoms with Gasteiger partial charge in [0.1, 0.15) is 5.56 Å². The van der Waals surface area contributed by atoms with Gasteiger partial charge in [-0.15, -0.1) is 11.3 Å². The molecule has 3 N–H and O–H groups in total. The van der Waals surface area contributed by atoms with E-state index in [4.69, 9.17) is 15.5 Å². The van der Waals surface area contributed by atoms with Gasteiger partial charge in [-0.3, -0.25) is 14.4 Å². The third-order valence-electron chi connectivity index (χ3n) is 7.28. The molecule has 0 saturated carbocycles. The average Bonchev–Trinajstić information content (AvgIpc) is 3.63. The number of anilines is 1. The van der Waals surface area contributed by atoms with E-state index >= 15 is 0 Å². The maximum atomic E-state index is 12.2. The fourth-order valence-electron chi connectivity index (χ4n) is 5.13. The molecular weight excluding hydrogens is 528 g/mol. The summed E-state index contributed by atoms with van der Waals surface area (Å²) in [6.07, 6.45) is 7.06. The van der Waals surface area contributed by atoms with Gasteiger partial charge in [0.2, 0.25) is 5.88 Å². The van der Waals surface area contributed by atoms with E-state index in [1.165, 1.54) is 59.9 Å². The van der Waals surface area contributed by atoms with Gasteiger partial charge in [0, 0.05) is 25.6 Å². The molecule has 2 aliphatic rings. The highest BCUT2D eigenvalue weighted by molar-refractivity contribution is 7.18. The number of hydrogen-bond acceptors (Lipinski definition) is 8. The number of para-hydroxylation sites is 1. The fraction of sp³-hybridized carbons (Fsp3) is 0.483. The van der Waals surface area contributed by atoms with E-state index in [9.17, 15) is 14.4 Å². The van der Waals surface area contributed by atoms with Gasteiger partial charge in [0.05, 0.1) is 34.2 Å². The van der Waals surface area contributed by atoms with E-state index in [0.29, 0.717) is 25.0 Å². The van der Waals surface area contributed by atoms with Crippen molar-refractivity contribution in [2.24, 2.45) is 11.7 Å². The number of nitrogens with one attached hydrogen (secondary N) is 1. The molecule has 4 heterocycles. The SMILES string of the molecule is CC(Cc1nc2ccccc2s1)N1CCCC1.COc1ncc(NC(=O)C(=O)N2CCCC(C)C2)cc1C(N)=O. The Hall–Kier alpha value is -3.57. The summed E-state index contributed by atoms with van der Waals surface area (Å²) in [6, 6.07) is 10.4. The summed E-state index contributed by atoms with van der Waals surface area (Å²) in [6.45, 7) is 8.06. The summed E-state index contributed by atoms with van der Waals surface area (Å²) in [7, 11) is 1.36. The summed E-state index contributed by atoms with van der Waals surface area (Å²) in [5, 5.41) is 3.73. The first-order chi connectivity index (χ1) is 19.2. The number of benzene rings is 1. The summed E-state index contributed by atoms with van der Waals surface area (Å²) in [5.41, 5.74) is 6.63. The lowest BCUT2D eigenvalue weighted by Gasteiger charge is -2.30. The summed E-state index contributed by atoms with van der Waals surface area (Å²) in [5.74, 6) is -1.65. The Balaban J connectivity index is 0.000000192. The fourth-order valence-corrected chi connectivity index (χ4v) is 6.22. The minimum absolute atomic E-state index is 0.0318. The molecule has 3 aromatic rings. The third kappa shape index (κ3) is 7.54. The zero-order valence-electron chi connectivity index (χ0n) is 23.4. The van der Waals surface area contributed by atoms with Crippen molar-refractivity contribution in [3.8, 4) is 5.88 Å². The van der Waals surface area contributed by atoms with E-state index in [1.807, 2.05) is 18.3 Å². The Bertz CT molecular complexity index is 1310. The van der Waals surface area contributed by atoms with Crippen LogP contribution in [-0.4, -0.2) is 76.8 Å². The molecule has 2 fully saturated rings. The maximum absolute atomic E-state index is 12.2. The van der Waals surface area contributed by atoms with Crippen LogP contribution in [0.4, 0.5) is 5.69 Å². The first-order valence-electron chi connectivity index (χ1n) is 13.8. The second-order valence-electron chi connectivity index (χ2n) is 10.5. The number of nitrogens with zero attached hydrogens (tertiary/aromatic N) is 4. The summed E-state index contributed by atoms with van der Waals surface area (Å²) >= 11 is 1.85. The van der Waals surface area contributed by atoms with Crippen LogP contribution in [-0.2, 0) is 16.0 Å². The molecule has 3 amide bonds. The van der Waals surface area contributed by atoms with Crippen LogP contribution in [0.1, 0.15) is 54.9 Å². The normalized spacial score (nSPS) is 18.1. The summed E-state index contributed by atoms with van der Waals surface area (Å²) < 4.78 is 6.24. The van der Waals surface area contributed by atoms with Crippen molar-refractivity contribution in [2.45, 2.75) is 52.0 Å². The van der Waals surface area contributed by atoms with Gasteiger partial charge in [0.25, 0.3) is 5.91 Å². The molecule has 2 saturated heterocycles. The van der Waals surface area contributed by atoms with Gasteiger partial charge in [-0.1, -0.05) is 19.1 Å². The number of likely N-dealkylation sites (tertiary alicyclic amines) is 2. The number of hydrogen-bond donors (Lipinski definition) is 2. The largest absolute Gasteiger partial charge is 0.480 e. The van der Waals surface area contributed by atoms with Crippen LogP contribution in [0, 0.1) is 5.92 Å². The van der Waals surface area contributed by atoms with E-state index in [-0.39, 0.29) is 17.1 Å². The molecule has 2 aliphatic heterocycles. The number of ether oxygens (including phenoxy) is 1. The third-order valence-corrected chi connectivity index (χ3v) is 8.34. The van der Waals surface area contributed by atoms with Crippen molar-refractivity contribution in [3.05, 3.63) is 47.1 Å². The first-order valence-corrected chi connectivity index (χ1v) is 14.6. The molecule has 0 spiro atoms. The van der Waals surface area contributed by atoms with Gasteiger partial charge >= 0.3 is 11.8 Å². The Kier molecular flexibility index (Phi) is 10.1. The first kappa shape index (κ1) is 29.4. The molecule has 40 heavy (non-hydrogen) atoms. The van der Waals surface area contributed by atoms with Crippen LogP contribution in [0.2, 0.25) is 0 Å². The van der Waals surface area contributed by atoms with E-state index < -0.39 is 17.7 Å². The highest BCUT2D eigenvalue weighted by Gasteiger charge is 2.26. The number of primary amides is 1. The number of carbonyl (C=O) groups excluding carboxylic acids is 3. The second-order valence-corrected chi connectivity index (χ2v) is 11.6.